The van der Waals surface area contributed by atoms with Crippen LogP contribution in [-0.2, 0) is 0 Å². The van der Waals surface area contributed by atoms with Gasteiger partial charge in [0.2, 0.25) is 0 Å². The summed E-state index contributed by atoms with van der Waals surface area (Å²) in [7, 11) is 1.60. The minimum Gasteiger partial charge on any atom is -0.497 e. The summed E-state index contributed by atoms with van der Waals surface area (Å²) in [6, 6.07) is 5.38. The summed E-state index contributed by atoms with van der Waals surface area (Å²) in [6.07, 6.45) is 1.24. The van der Waals surface area contributed by atoms with Crippen LogP contribution in [0.15, 0.2) is 18.2 Å². The molecule has 0 aliphatic heterocycles. The Labute approximate surface area is 102 Å². The molecule has 1 N–H and O–H groups in total. The van der Waals surface area contributed by atoms with Crippen LogP contribution in [-0.4, -0.2) is 12.2 Å². The fourth-order valence-electron chi connectivity index (χ4n) is 1.55. The van der Waals surface area contributed by atoms with Gasteiger partial charge in [-0.1, -0.05) is 31.5 Å². The average molecular weight is 243 g/mol. The second-order valence-corrected chi connectivity index (χ2v) is 4.78. The van der Waals surface area contributed by atoms with E-state index in [-0.39, 0.29) is 0 Å². The summed E-state index contributed by atoms with van der Waals surface area (Å²) < 4.78 is 5.06. The second-order valence-electron chi connectivity index (χ2n) is 4.37. The van der Waals surface area contributed by atoms with Gasteiger partial charge in [0.15, 0.2) is 0 Å². The van der Waals surface area contributed by atoms with Gasteiger partial charge >= 0.3 is 0 Å². The van der Waals surface area contributed by atoms with Crippen molar-refractivity contribution >= 4 is 11.6 Å². The van der Waals surface area contributed by atoms with Crippen LogP contribution in [0.5, 0.6) is 5.75 Å². The normalized spacial score (nSPS) is 12.9. The number of hydrogen-bond acceptors (Lipinski definition) is 2. The first-order valence-electron chi connectivity index (χ1n) is 5.56. The Morgan fingerprint density at radius 3 is 2.50 bits per heavy atom. The highest BCUT2D eigenvalue weighted by Crippen LogP contribution is 2.30. The van der Waals surface area contributed by atoms with E-state index in [2.05, 4.69) is 13.8 Å². The van der Waals surface area contributed by atoms with Crippen molar-refractivity contribution < 1.29 is 9.84 Å². The topological polar surface area (TPSA) is 29.5 Å². The van der Waals surface area contributed by atoms with E-state index in [4.69, 9.17) is 16.3 Å². The lowest BCUT2D eigenvalue weighted by molar-refractivity contribution is 0.159. The van der Waals surface area contributed by atoms with Gasteiger partial charge in [0, 0.05) is 0 Å². The van der Waals surface area contributed by atoms with Crippen LogP contribution in [0.25, 0.3) is 0 Å². The van der Waals surface area contributed by atoms with E-state index >= 15 is 0 Å². The van der Waals surface area contributed by atoms with Gasteiger partial charge in [-0.15, -0.1) is 0 Å². The Balaban J connectivity index is 2.71. The van der Waals surface area contributed by atoms with Gasteiger partial charge in [0.05, 0.1) is 18.2 Å². The Kier molecular flexibility index (Phi) is 5.10. The van der Waals surface area contributed by atoms with Crippen molar-refractivity contribution in [1.82, 2.24) is 0 Å². The van der Waals surface area contributed by atoms with E-state index in [0.29, 0.717) is 16.7 Å². The number of halogens is 1. The SMILES string of the molecule is COc1ccc(C(O)CCC(C)C)c(Cl)c1. The lowest BCUT2D eigenvalue weighted by Crippen LogP contribution is -2.01. The fourth-order valence-corrected chi connectivity index (χ4v) is 1.85. The highest BCUT2D eigenvalue weighted by atomic mass is 35.5. The zero-order valence-electron chi connectivity index (χ0n) is 10.0. The van der Waals surface area contributed by atoms with E-state index in [1.165, 1.54) is 0 Å². The molecule has 0 amide bonds. The first-order chi connectivity index (χ1) is 7.54. The number of ether oxygens (including phenoxy) is 1. The number of benzene rings is 1. The molecule has 1 aromatic carbocycles. The molecule has 0 aliphatic carbocycles. The molecule has 0 radical (unpaired) electrons. The van der Waals surface area contributed by atoms with Crippen LogP contribution in [0, 0.1) is 5.92 Å². The molecule has 0 aromatic heterocycles. The van der Waals surface area contributed by atoms with Gasteiger partial charge in [0.1, 0.15) is 5.75 Å². The highest BCUT2D eigenvalue weighted by molar-refractivity contribution is 6.31. The van der Waals surface area contributed by atoms with E-state index in [0.717, 1.165) is 18.4 Å². The minimum atomic E-state index is -0.485. The molecule has 0 spiro atoms. The summed E-state index contributed by atoms with van der Waals surface area (Å²) in [5.41, 5.74) is 0.781. The molecule has 0 bridgehead atoms. The molecule has 0 fully saturated rings. The molecule has 1 unspecified atom stereocenters. The zero-order chi connectivity index (χ0) is 12.1. The standard InChI is InChI=1S/C13H19ClO2/c1-9(2)4-7-13(15)11-6-5-10(16-3)8-12(11)14/h5-6,8-9,13,15H,4,7H2,1-3H3. The Hall–Kier alpha value is -0.730. The third kappa shape index (κ3) is 3.69. The summed E-state index contributed by atoms with van der Waals surface area (Å²) >= 11 is 6.08. The molecule has 0 heterocycles. The third-order valence-corrected chi connectivity index (χ3v) is 2.91. The molecule has 0 saturated carbocycles. The van der Waals surface area contributed by atoms with Crippen molar-refractivity contribution in [3.05, 3.63) is 28.8 Å². The molecule has 0 aliphatic rings. The molecule has 1 aromatic rings. The number of hydrogen-bond donors (Lipinski definition) is 1. The maximum absolute atomic E-state index is 9.99. The van der Waals surface area contributed by atoms with Crippen LogP contribution < -0.4 is 4.74 Å². The zero-order valence-corrected chi connectivity index (χ0v) is 10.8. The smallest absolute Gasteiger partial charge is 0.120 e. The van der Waals surface area contributed by atoms with Crippen molar-refractivity contribution in [2.75, 3.05) is 7.11 Å². The van der Waals surface area contributed by atoms with Crippen molar-refractivity contribution in [1.29, 1.82) is 0 Å². The summed E-state index contributed by atoms with van der Waals surface area (Å²) in [6.45, 7) is 4.28. The molecule has 0 saturated heterocycles. The first-order valence-corrected chi connectivity index (χ1v) is 5.94. The number of rotatable bonds is 5. The average Bonchev–Trinajstić information content (AvgIpc) is 2.25. The molecule has 16 heavy (non-hydrogen) atoms. The van der Waals surface area contributed by atoms with Gasteiger partial charge in [-0.2, -0.15) is 0 Å². The van der Waals surface area contributed by atoms with Crippen LogP contribution in [0.1, 0.15) is 38.4 Å². The van der Waals surface area contributed by atoms with Gasteiger partial charge in [0.25, 0.3) is 0 Å². The van der Waals surface area contributed by atoms with E-state index < -0.39 is 6.10 Å². The second kappa shape index (κ2) is 6.12. The van der Waals surface area contributed by atoms with Crippen molar-refractivity contribution in [2.45, 2.75) is 32.8 Å². The molecular formula is C13H19ClO2. The fraction of sp³-hybridized carbons (Fsp3) is 0.538. The molecule has 1 rings (SSSR count). The lowest BCUT2D eigenvalue weighted by Gasteiger charge is -2.14. The van der Waals surface area contributed by atoms with Crippen molar-refractivity contribution in [3.63, 3.8) is 0 Å². The number of methoxy groups -OCH3 is 1. The number of aliphatic hydroxyl groups is 1. The summed E-state index contributed by atoms with van der Waals surface area (Å²) in [5, 5.41) is 10.6. The Morgan fingerprint density at radius 2 is 2.00 bits per heavy atom. The molecule has 3 heteroatoms. The molecule has 1 atom stereocenters. The maximum atomic E-state index is 9.99. The maximum Gasteiger partial charge on any atom is 0.120 e. The first kappa shape index (κ1) is 13.3. The van der Waals surface area contributed by atoms with Gasteiger partial charge in [-0.05, 0) is 36.5 Å². The van der Waals surface area contributed by atoms with Gasteiger partial charge in [-0.25, -0.2) is 0 Å². The van der Waals surface area contributed by atoms with Crippen molar-refractivity contribution in [3.8, 4) is 5.75 Å². The van der Waals surface area contributed by atoms with Crippen LogP contribution >= 0.6 is 11.6 Å². The third-order valence-electron chi connectivity index (χ3n) is 2.58. The Morgan fingerprint density at radius 1 is 1.31 bits per heavy atom. The predicted octanol–water partition coefficient (Wildman–Crippen LogP) is 3.82. The van der Waals surface area contributed by atoms with E-state index in [9.17, 15) is 5.11 Å². The summed E-state index contributed by atoms with van der Waals surface area (Å²) in [5.74, 6) is 1.30. The quantitative estimate of drug-likeness (QED) is 0.851. The molecular weight excluding hydrogens is 224 g/mol. The minimum absolute atomic E-state index is 0.485. The Bertz CT molecular complexity index is 337. The number of aliphatic hydroxyl groups excluding tert-OH is 1. The monoisotopic (exact) mass is 242 g/mol. The van der Waals surface area contributed by atoms with Gasteiger partial charge in [-0.3, -0.25) is 0 Å². The highest BCUT2D eigenvalue weighted by Gasteiger charge is 2.12. The molecule has 90 valence electrons. The van der Waals surface area contributed by atoms with Crippen LogP contribution in [0.3, 0.4) is 0 Å². The van der Waals surface area contributed by atoms with Crippen LogP contribution in [0.2, 0.25) is 5.02 Å². The van der Waals surface area contributed by atoms with Crippen LogP contribution in [0.4, 0.5) is 0 Å². The predicted molar refractivity (Wildman–Crippen MR) is 67.0 cm³/mol. The largest absolute Gasteiger partial charge is 0.497 e. The lowest BCUT2D eigenvalue weighted by atomic mass is 10.00. The van der Waals surface area contributed by atoms with E-state index in [1.54, 1.807) is 13.2 Å². The van der Waals surface area contributed by atoms with E-state index in [1.807, 2.05) is 12.1 Å². The van der Waals surface area contributed by atoms with Gasteiger partial charge < -0.3 is 9.84 Å². The molecule has 2 nitrogen and oxygen atoms in total. The summed E-state index contributed by atoms with van der Waals surface area (Å²) in [4.78, 5) is 0. The van der Waals surface area contributed by atoms with Crippen molar-refractivity contribution in [2.24, 2.45) is 5.92 Å².